The molecule has 0 radical (unpaired) electrons. The average molecular weight is 250 g/mol. The van der Waals surface area contributed by atoms with Gasteiger partial charge in [-0.3, -0.25) is 4.79 Å². The lowest BCUT2D eigenvalue weighted by molar-refractivity contribution is -0.0930. The Kier molecular flexibility index (Phi) is 4.33. The number of methoxy groups -OCH3 is 2. The van der Waals surface area contributed by atoms with Crippen LogP contribution in [0, 0.1) is 0 Å². The standard InChI is InChI=1S/C8H8O2.C6H10O2/c1-10-8-4-2-7(6-9)3-5-8;1-7-5-2-4-3-6(5)8-4/h2-6H,1H3;4-6H,2-3H2,1H3. The molecule has 0 amide bonds. The molecule has 2 saturated heterocycles. The van der Waals surface area contributed by atoms with E-state index in [0.29, 0.717) is 23.9 Å². The summed E-state index contributed by atoms with van der Waals surface area (Å²) in [4.78, 5) is 10.2. The van der Waals surface area contributed by atoms with Crippen LogP contribution in [-0.2, 0) is 9.47 Å². The Hall–Kier alpha value is -1.39. The second-order valence-electron chi connectivity index (χ2n) is 4.43. The zero-order chi connectivity index (χ0) is 13.0. The molecular formula is C14H18O4. The molecule has 4 nitrogen and oxygen atoms in total. The van der Waals surface area contributed by atoms with Gasteiger partial charge in [0.15, 0.2) is 0 Å². The Labute approximate surface area is 107 Å². The molecule has 18 heavy (non-hydrogen) atoms. The number of ether oxygens (including phenoxy) is 3. The highest BCUT2D eigenvalue weighted by Crippen LogP contribution is 2.38. The van der Waals surface area contributed by atoms with Crippen molar-refractivity contribution in [3.8, 4) is 5.75 Å². The Morgan fingerprint density at radius 2 is 1.89 bits per heavy atom. The van der Waals surface area contributed by atoms with Crippen molar-refractivity contribution >= 4 is 6.29 Å². The van der Waals surface area contributed by atoms with Gasteiger partial charge in [0.2, 0.25) is 0 Å². The maximum absolute atomic E-state index is 10.2. The summed E-state index contributed by atoms with van der Waals surface area (Å²) in [5, 5.41) is 0. The van der Waals surface area contributed by atoms with Crippen molar-refractivity contribution in [2.24, 2.45) is 0 Å². The lowest BCUT2D eigenvalue weighted by atomic mass is 10.2. The van der Waals surface area contributed by atoms with Gasteiger partial charge in [-0.2, -0.15) is 0 Å². The van der Waals surface area contributed by atoms with E-state index < -0.39 is 0 Å². The van der Waals surface area contributed by atoms with Gasteiger partial charge in [-0.25, -0.2) is 0 Å². The SMILES string of the molecule is COC1CC2CC1O2.COc1ccc(C=O)cc1. The average Bonchev–Trinajstić information content (AvgIpc) is 2.98. The molecule has 3 aliphatic rings. The molecule has 0 N–H and O–H groups in total. The van der Waals surface area contributed by atoms with Gasteiger partial charge < -0.3 is 14.2 Å². The Bertz CT molecular complexity index is 381. The van der Waals surface area contributed by atoms with E-state index in [1.54, 1.807) is 38.5 Å². The van der Waals surface area contributed by atoms with Gasteiger partial charge in [0.1, 0.15) is 12.0 Å². The number of carbonyl (C=O) groups excluding carboxylic acids is 1. The molecule has 3 fully saturated rings. The fourth-order valence-corrected chi connectivity index (χ4v) is 2.23. The summed E-state index contributed by atoms with van der Waals surface area (Å²) in [7, 11) is 3.35. The normalized spacial score (nSPS) is 27.8. The van der Waals surface area contributed by atoms with Crippen molar-refractivity contribution in [1.29, 1.82) is 0 Å². The van der Waals surface area contributed by atoms with Crippen molar-refractivity contribution < 1.29 is 19.0 Å². The zero-order valence-corrected chi connectivity index (χ0v) is 10.7. The number of hydrogen-bond donors (Lipinski definition) is 0. The molecule has 0 aromatic heterocycles. The van der Waals surface area contributed by atoms with Crippen LogP contribution in [0.4, 0.5) is 0 Å². The number of carbonyl (C=O) groups is 1. The summed E-state index contributed by atoms with van der Waals surface area (Å²) < 4.78 is 15.4. The van der Waals surface area contributed by atoms with Crippen LogP contribution in [0.2, 0.25) is 0 Å². The monoisotopic (exact) mass is 250 g/mol. The molecule has 4 rings (SSSR count). The fourth-order valence-electron chi connectivity index (χ4n) is 2.23. The summed E-state index contributed by atoms with van der Waals surface area (Å²) in [6, 6.07) is 6.94. The highest BCUT2D eigenvalue weighted by atomic mass is 16.6. The lowest BCUT2D eigenvalue weighted by Crippen LogP contribution is -2.30. The molecule has 3 atom stereocenters. The molecule has 1 aromatic carbocycles. The molecule has 98 valence electrons. The van der Waals surface area contributed by atoms with Gasteiger partial charge in [0.25, 0.3) is 0 Å². The van der Waals surface area contributed by atoms with Crippen LogP contribution < -0.4 is 4.74 Å². The number of rotatable bonds is 3. The first-order valence-electron chi connectivity index (χ1n) is 6.04. The van der Waals surface area contributed by atoms with Gasteiger partial charge in [0.05, 0.1) is 25.4 Å². The molecule has 4 heteroatoms. The molecule has 1 saturated carbocycles. The molecular weight excluding hydrogens is 232 g/mol. The minimum Gasteiger partial charge on any atom is -0.497 e. The number of benzene rings is 1. The third kappa shape index (κ3) is 2.89. The molecule has 1 aromatic rings. The van der Waals surface area contributed by atoms with E-state index in [1.807, 2.05) is 0 Å². The topological polar surface area (TPSA) is 44.8 Å². The van der Waals surface area contributed by atoms with E-state index in [9.17, 15) is 4.79 Å². The van der Waals surface area contributed by atoms with Gasteiger partial charge in [-0.1, -0.05) is 0 Å². The first kappa shape index (κ1) is 13.1. The summed E-state index contributed by atoms with van der Waals surface area (Å²) in [6.07, 6.45) is 4.58. The quantitative estimate of drug-likeness (QED) is 0.770. The maximum atomic E-state index is 10.2. The van der Waals surface area contributed by atoms with Crippen LogP contribution in [0.3, 0.4) is 0 Å². The molecule has 2 aliphatic heterocycles. The number of aldehydes is 1. The van der Waals surface area contributed by atoms with Crippen molar-refractivity contribution in [3.63, 3.8) is 0 Å². The molecule has 1 aliphatic carbocycles. The van der Waals surface area contributed by atoms with Gasteiger partial charge in [-0.15, -0.1) is 0 Å². The summed E-state index contributed by atoms with van der Waals surface area (Å²) >= 11 is 0. The van der Waals surface area contributed by atoms with Gasteiger partial charge >= 0.3 is 0 Å². The third-order valence-electron chi connectivity index (χ3n) is 3.33. The van der Waals surface area contributed by atoms with Gasteiger partial charge in [-0.05, 0) is 24.3 Å². The van der Waals surface area contributed by atoms with Crippen molar-refractivity contribution in [2.75, 3.05) is 14.2 Å². The predicted octanol–water partition coefficient (Wildman–Crippen LogP) is 2.07. The van der Waals surface area contributed by atoms with Crippen LogP contribution >= 0.6 is 0 Å². The Morgan fingerprint density at radius 3 is 2.22 bits per heavy atom. The highest BCUT2D eigenvalue weighted by molar-refractivity contribution is 5.74. The minimum absolute atomic E-state index is 0.417. The van der Waals surface area contributed by atoms with E-state index in [0.717, 1.165) is 18.5 Å². The molecule has 0 spiro atoms. The Morgan fingerprint density at radius 1 is 1.22 bits per heavy atom. The van der Waals surface area contributed by atoms with Crippen LogP contribution in [0.15, 0.2) is 24.3 Å². The third-order valence-corrected chi connectivity index (χ3v) is 3.33. The van der Waals surface area contributed by atoms with E-state index in [4.69, 9.17) is 14.2 Å². The zero-order valence-electron chi connectivity index (χ0n) is 10.7. The first-order chi connectivity index (χ1) is 8.76. The van der Waals surface area contributed by atoms with Crippen LogP contribution in [0.5, 0.6) is 5.75 Å². The highest BCUT2D eigenvalue weighted by Gasteiger charge is 2.45. The summed E-state index contributed by atoms with van der Waals surface area (Å²) in [5.41, 5.74) is 0.667. The maximum Gasteiger partial charge on any atom is 0.150 e. The van der Waals surface area contributed by atoms with E-state index in [2.05, 4.69) is 0 Å². The van der Waals surface area contributed by atoms with E-state index in [-0.39, 0.29) is 0 Å². The van der Waals surface area contributed by atoms with Crippen molar-refractivity contribution in [3.05, 3.63) is 29.8 Å². The predicted molar refractivity (Wildman–Crippen MR) is 67.1 cm³/mol. The van der Waals surface area contributed by atoms with Crippen molar-refractivity contribution in [1.82, 2.24) is 0 Å². The Balaban J connectivity index is 0.000000136. The van der Waals surface area contributed by atoms with Crippen LogP contribution in [0.1, 0.15) is 23.2 Å². The second kappa shape index (κ2) is 5.98. The molecule has 3 unspecified atom stereocenters. The lowest BCUT2D eigenvalue weighted by Gasteiger charge is -2.24. The van der Waals surface area contributed by atoms with Crippen LogP contribution in [-0.4, -0.2) is 38.8 Å². The largest absolute Gasteiger partial charge is 0.497 e. The van der Waals surface area contributed by atoms with Crippen molar-refractivity contribution in [2.45, 2.75) is 31.2 Å². The summed E-state index contributed by atoms with van der Waals surface area (Å²) in [5.74, 6) is 0.769. The van der Waals surface area contributed by atoms with Gasteiger partial charge in [0, 0.05) is 25.5 Å². The van der Waals surface area contributed by atoms with E-state index in [1.165, 1.54) is 6.42 Å². The fraction of sp³-hybridized carbons (Fsp3) is 0.500. The molecule has 2 bridgehead atoms. The second-order valence-corrected chi connectivity index (χ2v) is 4.43. The number of hydrogen-bond acceptors (Lipinski definition) is 4. The first-order valence-corrected chi connectivity index (χ1v) is 6.04. The summed E-state index contributed by atoms with van der Waals surface area (Å²) in [6.45, 7) is 0. The number of fused-ring (bicyclic) bond motifs is 1. The smallest absolute Gasteiger partial charge is 0.150 e. The molecule has 2 heterocycles. The minimum atomic E-state index is 0.417. The van der Waals surface area contributed by atoms with E-state index >= 15 is 0 Å². The van der Waals surface area contributed by atoms with Crippen LogP contribution in [0.25, 0.3) is 0 Å².